The van der Waals surface area contributed by atoms with E-state index in [1.54, 1.807) is 13.8 Å². The Balaban J connectivity index is 1.63. The van der Waals surface area contributed by atoms with E-state index in [2.05, 4.69) is 5.32 Å². The maximum atomic E-state index is 12.2. The van der Waals surface area contributed by atoms with Gasteiger partial charge in [-0.3, -0.25) is 19.7 Å². The molecule has 0 unspecified atom stereocenters. The number of hydrogen-bond donors (Lipinski definition) is 1. The summed E-state index contributed by atoms with van der Waals surface area (Å²) in [5, 5.41) is 14.5. The van der Waals surface area contributed by atoms with Crippen molar-refractivity contribution in [1.82, 2.24) is 0 Å². The minimum absolute atomic E-state index is 0.0490. The average molecular weight is 410 g/mol. The topological polar surface area (TPSA) is 112 Å². The second-order valence-corrected chi connectivity index (χ2v) is 7.24. The number of rotatable bonds is 6. The predicted molar refractivity (Wildman–Crippen MR) is 112 cm³/mol. The van der Waals surface area contributed by atoms with Crippen LogP contribution in [0.5, 0.6) is 0 Å². The summed E-state index contributed by atoms with van der Waals surface area (Å²) in [7, 11) is 0. The zero-order chi connectivity index (χ0) is 22.0. The predicted octanol–water partition coefficient (Wildman–Crippen LogP) is 4.30. The number of nitro groups is 1. The van der Waals surface area contributed by atoms with Crippen LogP contribution in [-0.2, 0) is 20.7 Å². The molecule has 0 aliphatic heterocycles. The van der Waals surface area contributed by atoms with Crippen LogP contribution < -0.4 is 5.32 Å². The first kappa shape index (κ1) is 21.0. The number of aryl methyl sites for hydroxylation is 4. The minimum Gasteiger partial charge on any atom is -0.464 e. The summed E-state index contributed by atoms with van der Waals surface area (Å²) >= 11 is 0. The summed E-state index contributed by atoms with van der Waals surface area (Å²) in [6.07, 6.45) is 1.46. The largest absolute Gasteiger partial charge is 0.464 e. The Bertz CT molecular complexity index is 1160. The van der Waals surface area contributed by atoms with Gasteiger partial charge < -0.3 is 14.5 Å². The van der Waals surface area contributed by atoms with Gasteiger partial charge in [-0.2, -0.15) is 0 Å². The first-order chi connectivity index (χ1) is 14.2. The van der Waals surface area contributed by atoms with Gasteiger partial charge >= 0.3 is 5.97 Å². The normalized spacial score (nSPS) is 10.8. The standard InChI is InChI=1S/C22H22N2O6/c1-12-5-6-17-16(10-30-22(17)15(12)4)9-21(26)29-11-20(25)23-18-7-13(2)14(3)8-19(18)24(27)28/h5-8,10H,9,11H2,1-4H3,(H,23,25). The van der Waals surface area contributed by atoms with Crippen LogP contribution in [0, 0.1) is 37.8 Å². The molecule has 8 nitrogen and oxygen atoms in total. The second-order valence-electron chi connectivity index (χ2n) is 7.24. The van der Waals surface area contributed by atoms with E-state index in [4.69, 9.17) is 9.15 Å². The molecular formula is C22H22N2O6. The number of carbonyl (C=O) groups is 2. The van der Waals surface area contributed by atoms with E-state index in [1.165, 1.54) is 18.4 Å². The number of anilines is 1. The van der Waals surface area contributed by atoms with Crippen molar-refractivity contribution in [3.63, 3.8) is 0 Å². The molecule has 30 heavy (non-hydrogen) atoms. The quantitative estimate of drug-likeness (QED) is 0.368. The monoisotopic (exact) mass is 410 g/mol. The third-order valence-corrected chi connectivity index (χ3v) is 5.12. The van der Waals surface area contributed by atoms with E-state index in [9.17, 15) is 19.7 Å². The number of benzene rings is 2. The summed E-state index contributed by atoms with van der Waals surface area (Å²) in [6.45, 7) is 6.91. The Kier molecular flexibility index (Phi) is 5.86. The van der Waals surface area contributed by atoms with Crippen molar-refractivity contribution in [2.75, 3.05) is 11.9 Å². The maximum Gasteiger partial charge on any atom is 0.310 e. The first-order valence-electron chi connectivity index (χ1n) is 9.34. The molecule has 0 saturated heterocycles. The number of ether oxygens (including phenoxy) is 1. The lowest BCUT2D eigenvalue weighted by Gasteiger charge is -2.09. The smallest absolute Gasteiger partial charge is 0.310 e. The average Bonchev–Trinajstić information content (AvgIpc) is 3.09. The fourth-order valence-corrected chi connectivity index (χ4v) is 3.12. The van der Waals surface area contributed by atoms with Crippen LogP contribution in [0.15, 0.2) is 34.9 Å². The highest BCUT2D eigenvalue weighted by molar-refractivity contribution is 5.95. The molecule has 0 fully saturated rings. The van der Waals surface area contributed by atoms with Crippen molar-refractivity contribution >= 4 is 34.2 Å². The molecule has 1 N–H and O–H groups in total. The summed E-state index contributed by atoms with van der Waals surface area (Å²) in [6, 6.07) is 6.75. The molecule has 0 bridgehead atoms. The molecule has 1 amide bonds. The molecule has 156 valence electrons. The highest BCUT2D eigenvalue weighted by Gasteiger charge is 2.19. The van der Waals surface area contributed by atoms with Crippen molar-refractivity contribution in [2.45, 2.75) is 34.1 Å². The SMILES string of the molecule is Cc1cc(NC(=O)COC(=O)Cc2coc3c(C)c(C)ccc23)c([N+](=O)[O-])cc1C. The first-order valence-corrected chi connectivity index (χ1v) is 9.34. The van der Waals surface area contributed by atoms with Gasteiger partial charge in [-0.25, -0.2) is 0 Å². The van der Waals surface area contributed by atoms with Crippen LogP contribution >= 0.6 is 0 Å². The highest BCUT2D eigenvalue weighted by atomic mass is 16.6. The molecule has 0 spiro atoms. The lowest BCUT2D eigenvalue weighted by Crippen LogP contribution is -2.22. The van der Waals surface area contributed by atoms with E-state index in [-0.39, 0.29) is 17.8 Å². The summed E-state index contributed by atoms with van der Waals surface area (Å²) in [5.74, 6) is -1.25. The van der Waals surface area contributed by atoms with Crippen LogP contribution in [0.3, 0.4) is 0 Å². The Morgan fingerprint density at radius 2 is 1.80 bits per heavy atom. The number of fused-ring (bicyclic) bond motifs is 1. The van der Waals surface area contributed by atoms with Crippen LogP contribution in [-0.4, -0.2) is 23.4 Å². The highest BCUT2D eigenvalue weighted by Crippen LogP contribution is 2.28. The number of esters is 1. The molecule has 1 heterocycles. The molecule has 8 heteroatoms. The lowest BCUT2D eigenvalue weighted by molar-refractivity contribution is -0.384. The van der Waals surface area contributed by atoms with Crippen LogP contribution in [0.4, 0.5) is 11.4 Å². The molecule has 0 aliphatic carbocycles. The molecular weight excluding hydrogens is 388 g/mol. The van der Waals surface area contributed by atoms with Gasteiger partial charge in [-0.1, -0.05) is 12.1 Å². The number of amides is 1. The van der Waals surface area contributed by atoms with Gasteiger partial charge in [0.25, 0.3) is 11.6 Å². The summed E-state index contributed by atoms with van der Waals surface area (Å²) < 4.78 is 10.6. The number of nitrogens with zero attached hydrogens (tertiary/aromatic N) is 1. The van der Waals surface area contributed by atoms with E-state index in [0.29, 0.717) is 5.56 Å². The Labute approximate surface area is 173 Å². The molecule has 0 aliphatic rings. The maximum absolute atomic E-state index is 12.2. The Morgan fingerprint density at radius 3 is 2.50 bits per heavy atom. The number of hydrogen-bond acceptors (Lipinski definition) is 6. The molecule has 3 aromatic rings. The molecule has 2 aromatic carbocycles. The van der Waals surface area contributed by atoms with Gasteiger partial charge in [0.15, 0.2) is 6.61 Å². The van der Waals surface area contributed by atoms with Crippen molar-refractivity contribution in [1.29, 1.82) is 0 Å². The third kappa shape index (κ3) is 4.32. The van der Waals surface area contributed by atoms with E-state index in [1.807, 2.05) is 26.0 Å². The van der Waals surface area contributed by atoms with Gasteiger partial charge in [0.05, 0.1) is 17.6 Å². The van der Waals surface area contributed by atoms with Crippen molar-refractivity contribution in [3.05, 3.63) is 68.5 Å². The van der Waals surface area contributed by atoms with Crippen LogP contribution in [0.25, 0.3) is 11.0 Å². The van der Waals surface area contributed by atoms with E-state index in [0.717, 1.165) is 33.2 Å². The Hall–Kier alpha value is -3.68. The van der Waals surface area contributed by atoms with Crippen LogP contribution in [0.1, 0.15) is 27.8 Å². The van der Waals surface area contributed by atoms with Gasteiger partial charge in [-0.05, 0) is 56.0 Å². The summed E-state index contributed by atoms with van der Waals surface area (Å²) in [4.78, 5) is 35.0. The molecule has 0 saturated carbocycles. The van der Waals surface area contributed by atoms with Gasteiger partial charge in [-0.15, -0.1) is 0 Å². The fourth-order valence-electron chi connectivity index (χ4n) is 3.12. The molecule has 3 rings (SSSR count). The third-order valence-electron chi connectivity index (χ3n) is 5.12. The van der Waals surface area contributed by atoms with E-state index < -0.39 is 23.4 Å². The lowest BCUT2D eigenvalue weighted by atomic mass is 10.0. The molecule has 1 aromatic heterocycles. The summed E-state index contributed by atoms with van der Waals surface area (Å²) in [5.41, 5.74) is 4.86. The van der Waals surface area contributed by atoms with Gasteiger partial charge in [0.2, 0.25) is 0 Å². The Morgan fingerprint density at radius 1 is 1.10 bits per heavy atom. The molecule has 0 radical (unpaired) electrons. The van der Waals surface area contributed by atoms with Gasteiger partial charge in [0, 0.05) is 17.0 Å². The fraction of sp³-hybridized carbons (Fsp3) is 0.273. The minimum atomic E-state index is -0.654. The number of carbonyl (C=O) groups excluding carboxylic acids is 2. The number of nitrogens with one attached hydrogen (secondary N) is 1. The van der Waals surface area contributed by atoms with Crippen LogP contribution in [0.2, 0.25) is 0 Å². The zero-order valence-electron chi connectivity index (χ0n) is 17.2. The van der Waals surface area contributed by atoms with Crippen molar-refractivity contribution < 1.29 is 23.7 Å². The zero-order valence-corrected chi connectivity index (χ0v) is 17.2. The number of nitro benzene ring substituents is 1. The van der Waals surface area contributed by atoms with Crippen molar-refractivity contribution in [3.8, 4) is 0 Å². The van der Waals surface area contributed by atoms with E-state index >= 15 is 0 Å². The van der Waals surface area contributed by atoms with Crippen molar-refractivity contribution in [2.24, 2.45) is 0 Å². The second kappa shape index (κ2) is 8.36. The number of furan rings is 1. The molecule has 0 atom stereocenters. The van der Waals surface area contributed by atoms with Gasteiger partial charge in [0.1, 0.15) is 11.3 Å².